The van der Waals surface area contributed by atoms with Crippen LogP contribution in [0.25, 0.3) is 0 Å². The van der Waals surface area contributed by atoms with Crippen molar-refractivity contribution in [1.82, 2.24) is 0 Å². The zero-order chi connectivity index (χ0) is 20.7. The molecule has 0 spiro atoms. The Kier molecular flexibility index (Phi) is 11.2. The highest BCUT2D eigenvalue weighted by molar-refractivity contribution is 6.32. The first-order valence-electron chi connectivity index (χ1n) is 10.4. The molecule has 0 fully saturated rings. The number of halogens is 2. The van der Waals surface area contributed by atoms with E-state index in [1.165, 1.54) is 44.9 Å². The van der Waals surface area contributed by atoms with Crippen molar-refractivity contribution in [3.8, 4) is 29.4 Å². The van der Waals surface area contributed by atoms with E-state index in [-0.39, 0.29) is 0 Å². The molecule has 1 nitrogen and oxygen atoms in total. The maximum atomic E-state index is 6.32. The molecule has 0 radical (unpaired) electrons. The van der Waals surface area contributed by atoms with Crippen molar-refractivity contribution >= 4 is 23.2 Å². The molecular weight excluding hydrogens is 399 g/mol. The van der Waals surface area contributed by atoms with Crippen LogP contribution in [0.2, 0.25) is 10.0 Å². The third kappa shape index (κ3) is 9.80. The largest absolute Gasteiger partial charge is 0.492 e. The van der Waals surface area contributed by atoms with Crippen molar-refractivity contribution in [3.05, 3.63) is 63.6 Å². The monoisotopic (exact) mass is 426 g/mol. The average molecular weight is 427 g/mol. The summed E-state index contributed by atoms with van der Waals surface area (Å²) in [5.74, 6) is 12.4. The molecule has 0 unspecified atom stereocenters. The molecule has 0 aliphatic rings. The predicted octanol–water partition coefficient (Wildman–Crippen LogP) is 7.92. The second kappa shape index (κ2) is 14.0. The summed E-state index contributed by atoms with van der Waals surface area (Å²) in [4.78, 5) is 0. The summed E-state index contributed by atoms with van der Waals surface area (Å²) >= 11 is 12.3. The third-order valence-electron chi connectivity index (χ3n) is 4.49. The first-order chi connectivity index (χ1) is 14.2. The van der Waals surface area contributed by atoms with E-state index in [0.29, 0.717) is 22.4 Å². The Hall–Kier alpha value is -2.06. The number of ether oxygens (including phenoxy) is 1. The van der Waals surface area contributed by atoms with Crippen LogP contribution >= 0.6 is 23.2 Å². The molecule has 3 heteroatoms. The van der Waals surface area contributed by atoms with E-state index in [4.69, 9.17) is 27.9 Å². The van der Waals surface area contributed by atoms with Gasteiger partial charge in [0.05, 0.1) is 11.6 Å². The molecule has 0 atom stereocenters. The van der Waals surface area contributed by atoms with Gasteiger partial charge >= 0.3 is 0 Å². The molecule has 0 aliphatic carbocycles. The van der Waals surface area contributed by atoms with Gasteiger partial charge in [-0.1, -0.05) is 93.0 Å². The number of rotatable bonds is 10. The fraction of sp³-hybridized carbons (Fsp3) is 0.385. The summed E-state index contributed by atoms with van der Waals surface area (Å²) < 4.78 is 5.81. The van der Waals surface area contributed by atoms with Crippen molar-refractivity contribution < 1.29 is 4.74 Å². The molecule has 0 N–H and O–H groups in total. The Bertz CT molecular complexity index is 881. The van der Waals surface area contributed by atoms with Gasteiger partial charge in [-0.15, -0.1) is 0 Å². The number of benzene rings is 2. The summed E-state index contributed by atoms with van der Waals surface area (Å²) in [5, 5.41) is 1.25. The highest BCUT2D eigenvalue weighted by atomic mass is 35.5. The van der Waals surface area contributed by atoms with Gasteiger partial charge in [-0.25, -0.2) is 0 Å². The van der Waals surface area contributed by atoms with Crippen molar-refractivity contribution in [2.45, 2.75) is 58.3 Å². The molecule has 0 aliphatic heterocycles. The highest BCUT2D eigenvalue weighted by Gasteiger charge is 2.02. The van der Waals surface area contributed by atoms with Gasteiger partial charge in [-0.3, -0.25) is 0 Å². The van der Waals surface area contributed by atoms with Crippen molar-refractivity contribution in [1.29, 1.82) is 0 Å². The predicted molar refractivity (Wildman–Crippen MR) is 125 cm³/mol. The minimum atomic E-state index is 0.583. The zero-order valence-electron chi connectivity index (χ0n) is 17.1. The molecule has 0 bridgehead atoms. The molecule has 2 rings (SSSR count). The van der Waals surface area contributed by atoms with Crippen molar-refractivity contribution in [3.63, 3.8) is 0 Å². The highest BCUT2D eigenvalue weighted by Crippen LogP contribution is 2.25. The first-order valence-corrected chi connectivity index (χ1v) is 11.1. The van der Waals surface area contributed by atoms with Crippen LogP contribution in [-0.2, 0) is 0 Å². The second-order valence-electron chi connectivity index (χ2n) is 6.98. The SMILES string of the molecule is CCCCCCCCCCOc1ccc(C#CC#Cc2cccc(Cl)c2)cc1Cl. The van der Waals surface area contributed by atoms with Gasteiger partial charge in [-0.05, 0) is 54.7 Å². The van der Waals surface area contributed by atoms with Gasteiger partial charge in [0.2, 0.25) is 0 Å². The van der Waals surface area contributed by atoms with Gasteiger partial charge < -0.3 is 4.74 Å². The van der Waals surface area contributed by atoms with Gasteiger partial charge in [0.15, 0.2) is 0 Å². The number of hydrogen-bond acceptors (Lipinski definition) is 1. The van der Waals surface area contributed by atoms with E-state index in [2.05, 4.69) is 30.6 Å². The Morgan fingerprint density at radius 3 is 2.07 bits per heavy atom. The van der Waals surface area contributed by atoms with Crippen LogP contribution in [0.1, 0.15) is 69.4 Å². The third-order valence-corrected chi connectivity index (χ3v) is 5.02. The van der Waals surface area contributed by atoms with Crippen LogP contribution in [0.5, 0.6) is 5.75 Å². The Labute approximate surface area is 185 Å². The van der Waals surface area contributed by atoms with Gasteiger partial charge in [0.1, 0.15) is 5.75 Å². The Balaban J connectivity index is 1.73. The molecule has 0 amide bonds. The second-order valence-corrected chi connectivity index (χ2v) is 7.82. The quantitative estimate of drug-likeness (QED) is 0.276. The van der Waals surface area contributed by atoms with Gasteiger partial charge in [0.25, 0.3) is 0 Å². The van der Waals surface area contributed by atoms with Crippen molar-refractivity contribution in [2.75, 3.05) is 6.61 Å². The number of hydrogen-bond donors (Lipinski definition) is 0. The van der Waals surface area contributed by atoms with Crippen LogP contribution in [0.4, 0.5) is 0 Å². The molecule has 2 aromatic carbocycles. The average Bonchev–Trinajstić information content (AvgIpc) is 2.71. The van der Waals surface area contributed by atoms with Crippen molar-refractivity contribution in [2.24, 2.45) is 0 Å². The normalized spacial score (nSPS) is 9.90. The molecule has 0 aromatic heterocycles. The van der Waals surface area contributed by atoms with Crippen LogP contribution in [0.3, 0.4) is 0 Å². The molecule has 0 saturated carbocycles. The lowest BCUT2D eigenvalue weighted by Crippen LogP contribution is -1.98. The van der Waals surface area contributed by atoms with E-state index in [9.17, 15) is 0 Å². The van der Waals surface area contributed by atoms with Gasteiger partial charge in [0, 0.05) is 16.1 Å². The Morgan fingerprint density at radius 2 is 1.41 bits per heavy atom. The van der Waals surface area contributed by atoms with E-state index in [1.54, 1.807) is 0 Å². The topological polar surface area (TPSA) is 9.23 Å². The minimum absolute atomic E-state index is 0.583. The van der Waals surface area contributed by atoms with E-state index in [1.807, 2.05) is 42.5 Å². The summed E-state index contributed by atoms with van der Waals surface area (Å²) in [5.41, 5.74) is 1.66. The lowest BCUT2D eigenvalue weighted by molar-refractivity contribution is 0.304. The van der Waals surface area contributed by atoms with E-state index >= 15 is 0 Å². The lowest BCUT2D eigenvalue weighted by Gasteiger charge is -2.08. The molecule has 29 heavy (non-hydrogen) atoms. The fourth-order valence-corrected chi connectivity index (χ4v) is 3.31. The summed E-state index contributed by atoms with van der Waals surface area (Å²) in [6.45, 7) is 2.95. The lowest BCUT2D eigenvalue weighted by atomic mass is 10.1. The van der Waals surface area contributed by atoms with Crippen LogP contribution in [0, 0.1) is 23.7 Å². The van der Waals surface area contributed by atoms with Crippen LogP contribution in [0.15, 0.2) is 42.5 Å². The standard InChI is InChI=1S/C26H28Cl2O/c1-2-3-4-5-6-7-8-11-19-29-26-18-17-23(21-25(26)28)14-10-9-13-22-15-12-16-24(27)20-22/h12,15-18,20-21H,2-8,11,19H2,1H3. The fourth-order valence-electron chi connectivity index (χ4n) is 2.89. The van der Waals surface area contributed by atoms with E-state index in [0.717, 1.165) is 17.5 Å². The summed E-state index contributed by atoms with van der Waals surface area (Å²) in [6.07, 6.45) is 10.3. The smallest absolute Gasteiger partial charge is 0.137 e. The molecule has 152 valence electrons. The van der Waals surface area contributed by atoms with E-state index < -0.39 is 0 Å². The molecule has 2 aromatic rings. The summed E-state index contributed by atoms with van der Waals surface area (Å²) in [6, 6.07) is 13.0. The summed E-state index contributed by atoms with van der Waals surface area (Å²) in [7, 11) is 0. The molecular formula is C26H28Cl2O. The van der Waals surface area contributed by atoms with Crippen LogP contribution < -0.4 is 4.74 Å². The minimum Gasteiger partial charge on any atom is -0.492 e. The maximum absolute atomic E-state index is 6.32. The maximum Gasteiger partial charge on any atom is 0.137 e. The van der Waals surface area contributed by atoms with Crippen LogP contribution in [-0.4, -0.2) is 6.61 Å². The van der Waals surface area contributed by atoms with Gasteiger partial charge in [-0.2, -0.15) is 0 Å². The molecule has 0 saturated heterocycles. The zero-order valence-corrected chi connectivity index (χ0v) is 18.6. The molecule has 0 heterocycles. The Morgan fingerprint density at radius 1 is 0.759 bits per heavy atom. The first kappa shape index (κ1) is 23.2. The number of unbranched alkanes of at least 4 members (excludes halogenated alkanes) is 7.